The van der Waals surface area contributed by atoms with Gasteiger partial charge in [0.2, 0.25) is 0 Å². The van der Waals surface area contributed by atoms with Crippen LogP contribution in [0.1, 0.15) is 18.1 Å². The van der Waals surface area contributed by atoms with Crippen molar-refractivity contribution in [3.8, 4) is 0 Å². The monoisotopic (exact) mass is 249 g/mol. The number of benzene rings is 1. The molecule has 0 bridgehead atoms. The zero-order valence-corrected chi connectivity index (χ0v) is 10.8. The number of hydrogen-bond acceptors (Lipinski definition) is 3. The first-order chi connectivity index (χ1) is 7.95. The quantitative estimate of drug-likeness (QED) is 0.812. The molecule has 0 aliphatic rings. The average Bonchev–Trinajstić information content (AvgIpc) is 2.28. The Hall–Kier alpha value is -1.55. The Balaban J connectivity index is 2.99. The number of aliphatic imine (C=N–C) groups is 1. The number of carboxylic acid groups (broad SMARTS) is 1. The van der Waals surface area contributed by atoms with Gasteiger partial charge in [-0.1, -0.05) is 18.2 Å². The molecular formula is C13H15NO2S. The molecule has 1 atom stereocenters. The lowest BCUT2D eigenvalue weighted by Crippen LogP contribution is -2.11. The van der Waals surface area contributed by atoms with Gasteiger partial charge in [-0.15, -0.1) is 11.8 Å². The lowest BCUT2D eigenvalue weighted by atomic mass is 10.1. The van der Waals surface area contributed by atoms with E-state index < -0.39 is 11.2 Å². The molecule has 0 amide bonds. The summed E-state index contributed by atoms with van der Waals surface area (Å²) in [5.74, 6) is -0.850. The minimum absolute atomic E-state index is 0.527. The first-order valence-electron chi connectivity index (χ1n) is 5.12. The van der Waals surface area contributed by atoms with E-state index in [0.717, 1.165) is 16.8 Å². The number of nitrogens with zero attached hydrogens (tertiary/aromatic N) is 1. The molecule has 1 rings (SSSR count). The normalized spacial score (nSPS) is 11.9. The van der Waals surface area contributed by atoms with Crippen LogP contribution in [0.25, 0.3) is 4.91 Å². The largest absolute Gasteiger partial charge is 0.480 e. The van der Waals surface area contributed by atoms with Crippen LogP contribution in [-0.4, -0.2) is 23.0 Å². The summed E-state index contributed by atoms with van der Waals surface area (Å²) in [6.45, 7) is 11.0. The molecule has 0 aliphatic heterocycles. The van der Waals surface area contributed by atoms with Crippen LogP contribution in [0.15, 0.2) is 29.8 Å². The molecule has 0 spiro atoms. The average molecular weight is 249 g/mol. The molecule has 1 N–H and O–H groups in total. The zero-order chi connectivity index (χ0) is 13.0. The van der Waals surface area contributed by atoms with E-state index in [1.165, 1.54) is 11.8 Å². The molecule has 0 heterocycles. The number of carbonyl (C=O) groups is 1. The second-order valence-corrected chi connectivity index (χ2v) is 5.14. The fraction of sp³-hybridized carbons (Fsp3) is 0.231. The highest BCUT2D eigenvalue weighted by Gasteiger charge is 2.15. The van der Waals surface area contributed by atoms with Crippen molar-refractivity contribution in [1.29, 1.82) is 0 Å². The minimum Gasteiger partial charge on any atom is -0.480 e. The van der Waals surface area contributed by atoms with Gasteiger partial charge in [0.05, 0.1) is 5.69 Å². The first-order valence-corrected chi connectivity index (χ1v) is 5.99. The van der Waals surface area contributed by atoms with E-state index in [9.17, 15) is 4.79 Å². The van der Waals surface area contributed by atoms with Crippen molar-refractivity contribution in [2.24, 2.45) is 4.99 Å². The van der Waals surface area contributed by atoms with E-state index in [1.807, 2.05) is 25.1 Å². The molecule has 1 aromatic rings. The topological polar surface area (TPSA) is 49.7 Å². The lowest BCUT2D eigenvalue weighted by molar-refractivity contribution is -0.136. The number of aliphatic carboxylic acids is 1. The number of hydrogen-bond donors (Lipinski definition) is 1. The molecule has 0 fully saturated rings. The zero-order valence-electron chi connectivity index (χ0n) is 9.93. The Kier molecular flexibility index (Phi) is 4.52. The summed E-state index contributed by atoms with van der Waals surface area (Å²) < 4.78 is 0. The summed E-state index contributed by atoms with van der Waals surface area (Å²) >= 11 is 1.22. The van der Waals surface area contributed by atoms with Crippen molar-refractivity contribution in [3.63, 3.8) is 0 Å². The van der Waals surface area contributed by atoms with Gasteiger partial charge in [-0.2, -0.15) is 0 Å². The fourth-order valence-corrected chi connectivity index (χ4v) is 2.16. The molecule has 0 saturated heterocycles. The van der Waals surface area contributed by atoms with Gasteiger partial charge < -0.3 is 5.11 Å². The third-order valence-corrected chi connectivity index (χ3v) is 3.35. The van der Waals surface area contributed by atoms with Crippen molar-refractivity contribution < 1.29 is 9.90 Å². The molecule has 0 aliphatic carbocycles. The van der Waals surface area contributed by atoms with Gasteiger partial charge in [0.25, 0.3) is 0 Å². The van der Waals surface area contributed by atoms with Gasteiger partial charge in [-0.25, -0.2) is 0 Å². The van der Waals surface area contributed by atoms with Crippen LogP contribution in [0.5, 0.6) is 0 Å². The fourth-order valence-electron chi connectivity index (χ4n) is 1.34. The van der Waals surface area contributed by atoms with Crippen molar-refractivity contribution in [3.05, 3.63) is 35.9 Å². The predicted octanol–water partition coefficient (Wildman–Crippen LogP) is 3.50. The molecule has 3 nitrogen and oxygen atoms in total. The third kappa shape index (κ3) is 3.46. The Morgan fingerprint density at radius 3 is 2.71 bits per heavy atom. The molecule has 0 saturated carbocycles. The minimum atomic E-state index is -0.850. The van der Waals surface area contributed by atoms with Gasteiger partial charge in [0.1, 0.15) is 5.25 Å². The van der Waals surface area contributed by atoms with Crippen LogP contribution in [0.2, 0.25) is 0 Å². The van der Waals surface area contributed by atoms with E-state index in [-0.39, 0.29) is 0 Å². The Morgan fingerprint density at radius 1 is 1.53 bits per heavy atom. The van der Waals surface area contributed by atoms with E-state index in [0.29, 0.717) is 4.91 Å². The summed E-state index contributed by atoms with van der Waals surface area (Å²) in [5.41, 5.74) is 2.65. The molecular weight excluding hydrogens is 234 g/mol. The van der Waals surface area contributed by atoms with Gasteiger partial charge in [-0.05, 0) is 32.7 Å². The van der Waals surface area contributed by atoms with Crippen LogP contribution < -0.4 is 0 Å². The van der Waals surface area contributed by atoms with Crippen LogP contribution in [0.3, 0.4) is 0 Å². The summed E-state index contributed by atoms with van der Waals surface area (Å²) in [7, 11) is 0. The highest BCUT2D eigenvalue weighted by atomic mass is 32.2. The van der Waals surface area contributed by atoms with E-state index >= 15 is 0 Å². The van der Waals surface area contributed by atoms with Gasteiger partial charge in [0.15, 0.2) is 0 Å². The maximum atomic E-state index is 10.8. The Labute approximate surface area is 105 Å². The number of thioether (sulfide) groups is 1. The smallest absolute Gasteiger partial charge is 0.316 e. The van der Waals surface area contributed by atoms with Gasteiger partial charge in [0, 0.05) is 10.5 Å². The summed E-state index contributed by atoms with van der Waals surface area (Å²) in [6.07, 6.45) is 0. The van der Waals surface area contributed by atoms with Crippen LogP contribution in [0, 0.1) is 6.92 Å². The maximum absolute atomic E-state index is 10.8. The number of aryl methyl sites for hydroxylation is 1. The third-order valence-electron chi connectivity index (χ3n) is 2.29. The van der Waals surface area contributed by atoms with Crippen LogP contribution in [0.4, 0.5) is 5.69 Å². The van der Waals surface area contributed by atoms with E-state index in [2.05, 4.69) is 18.3 Å². The summed E-state index contributed by atoms with van der Waals surface area (Å²) in [4.78, 5) is 15.4. The molecule has 0 aromatic heterocycles. The van der Waals surface area contributed by atoms with Crippen molar-refractivity contribution >= 4 is 35.0 Å². The van der Waals surface area contributed by atoms with Crippen molar-refractivity contribution in [2.45, 2.75) is 19.1 Å². The second kappa shape index (κ2) is 5.68. The maximum Gasteiger partial charge on any atom is 0.316 e. The lowest BCUT2D eigenvalue weighted by Gasteiger charge is -2.12. The van der Waals surface area contributed by atoms with Crippen LogP contribution >= 0.6 is 11.8 Å². The molecule has 4 heteroatoms. The van der Waals surface area contributed by atoms with Crippen LogP contribution in [-0.2, 0) is 4.79 Å². The molecule has 17 heavy (non-hydrogen) atoms. The molecule has 0 radical (unpaired) electrons. The standard InChI is InChI=1S/C13H15NO2S/c1-8-5-6-12(14-4)11(7-8)9(2)17-10(3)13(15)16/h5-7,10H,2,4H2,1,3H3,(H,15,16). The first kappa shape index (κ1) is 13.5. The van der Waals surface area contributed by atoms with E-state index in [1.54, 1.807) is 6.92 Å². The van der Waals surface area contributed by atoms with Gasteiger partial charge >= 0.3 is 5.97 Å². The SMILES string of the molecule is C=Nc1ccc(C)cc1C(=C)SC(C)C(=O)O. The van der Waals surface area contributed by atoms with Gasteiger partial charge in [-0.3, -0.25) is 9.79 Å². The highest BCUT2D eigenvalue weighted by molar-refractivity contribution is 8.09. The van der Waals surface area contributed by atoms with Crippen molar-refractivity contribution in [1.82, 2.24) is 0 Å². The van der Waals surface area contributed by atoms with Crippen molar-refractivity contribution in [2.75, 3.05) is 0 Å². The molecule has 90 valence electrons. The predicted molar refractivity (Wildman–Crippen MR) is 74.1 cm³/mol. The second-order valence-electron chi connectivity index (χ2n) is 3.70. The number of rotatable bonds is 5. The summed E-state index contributed by atoms with van der Waals surface area (Å²) in [6, 6.07) is 5.73. The number of carboxylic acids is 1. The highest BCUT2D eigenvalue weighted by Crippen LogP contribution is 2.35. The Bertz CT molecular complexity index is 468. The van der Waals surface area contributed by atoms with E-state index in [4.69, 9.17) is 5.11 Å². The molecule has 1 aromatic carbocycles. The Morgan fingerprint density at radius 2 is 2.18 bits per heavy atom. The summed E-state index contributed by atoms with van der Waals surface area (Å²) in [5, 5.41) is 8.33. The molecule has 1 unspecified atom stereocenters.